The predicted molar refractivity (Wildman–Crippen MR) is 124 cm³/mol. The number of hydrogen-bond donors (Lipinski definition) is 4. The lowest BCUT2D eigenvalue weighted by molar-refractivity contribution is -0.142. The molecule has 0 saturated heterocycles. The Labute approximate surface area is 186 Å². The largest absolute Gasteiger partial charge is 0.481 e. The van der Waals surface area contributed by atoms with Crippen LogP contribution in [0.3, 0.4) is 0 Å². The molecule has 8 heteroatoms. The van der Waals surface area contributed by atoms with Crippen LogP contribution in [0.1, 0.15) is 11.1 Å². The van der Waals surface area contributed by atoms with Crippen LogP contribution in [0.25, 0.3) is 0 Å². The van der Waals surface area contributed by atoms with Crippen LogP contribution < -0.4 is 11.5 Å². The van der Waals surface area contributed by atoms with E-state index >= 15 is 0 Å². The van der Waals surface area contributed by atoms with E-state index in [4.69, 9.17) is 21.7 Å². The van der Waals surface area contributed by atoms with Gasteiger partial charge in [0.05, 0.1) is 11.8 Å². The number of thioether (sulfide) groups is 2. The van der Waals surface area contributed by atoms with E-state index in [-0.39, 0.29) is 13.1 Å². The van der Waals surface area contributed by atoms with Gasteiger partial charge in [-0.2, -0.15) is 0 Å². The van der Waals surface area contributed by atoms with Gasteiger partial charge in [0, 0.05) is 22.9 Å². The Bertz CT molecular complexity index is 750. The van der Waals surface area contributed by atoms with E-state index in [0.717, 1.165) is 20.9 Å². The third-order valence-corrected chi connectivity index (χ3v) is 5.95. The van der Waals surface area contributed by atoms with E-state index in [9.17, 15) is 9.59 Å². The van der Waals surface area contributed by atoms with Gasteiger partial charge in [0.2, 0.25) is 0 Å². The number of benzene rings is 2. The molecule has 6 N–H and O–H groups in total. The van der Waals surface area contributed by atoms with Gasteiger partial charge in [-0.25, -0.2) is 0 Å². The summed E-state index contributed by atoms with van der Waals surface area (Å²) >= 11 is 3.29. The van der Waals surface area contributed by atoms with Crippen molar-refractivity contribution in [3.8, 4) is 0 Å². The Kier molecular flexibility index (Phi) is 12.2. The Balaban J connectivity index is 0.000000300. The molecule has 164 valence electrons. The highest BCUT2D eigenvalue weighted by Crippen LogP contribution is 2.19. The van der Waals surface area contributed by atoms with Gasteiger partial charge in [0.15, 0.2) is 0 Å². The molecule has 0 spiro atoms. The van der Waals surface area contributed by atoms with Crippen molar-refractivity contribution in [1.29, 1.82) is 0 Å². The predicted octanol–water partition coefficient (Wildman–Crippen LogP) is 3.22. The molecule has 0 amide bonds. The normalized spacial score (nSPS) is 12.4. The quantitative estimate of drug-likeness (QED) is 0.406. The highest BCUT2D eigenvalue weighted by molar-refractivity contribution is 7.98. The fourth-order valence-electron chi connectivity index (χ4n) is 2.71. The maximum absolute atomic E-state index is 10.8. The molecule has 0 aliphatic carbocycles. The number of nitrogens with two attached hydrogens (primary N) is 2. The van der Waals surface area contributed by atoms with Crippen molar-refractivity contribution in [2.45, 2.75) is 22.6 Å². The molecule has 0 aromatic heterocycles. The SMILES string of the molecule is CSc1cccc(C[C@@H](CN)C(=O)O)c1.CSc1cccc(C[C@@H](CN)C(=O)O)c1. The van der Waals surface area contributed by atoms with Crippen LogP contribution in [-0.4, -0.2) is 47.8 Å². The second-order valence-corrected chi connectivity index (χ2v) is 8.41. The van der Waals surface area contributed by atoms with Gasteiger partial charge in [-0.05, 0) is 60.7 Å². The van der Waals surface area contributed by atoms with E-state index in [1.165, 1.54) is 0 Å². The van der Waals surface area contributed by atoms with Crippen LogP contribution in [0.2, 0.25) is 0 Å². The lowest BCUT2D eigenvalue weighted by atomic mass is 10.00. The summed E-state index contributed by atoms with van der Waals surface area (Å²) in [5.41, 5.74) is 12.9. The van der Waals surface area contributed by atoms with E-state index in [0.29, 0.717) is 12.8 Å². The first-order valence-electron chi connectivity index (χ1n) is 9.46. The van der Waals surface area contributed by atoms with Crippen molar-refractivity contribution in [1.82, 2.24) is 0 Å². The molecular formula is C22H30N2O4S2. The smallest absolute Gasteiger partial charge is 0.308 e. The third-order valence-electron chi connectivity index (χ3n) is 4.50. The first-order chi connectivity index (χ1) is 14.3. The highest BCUT2D eigenvalue weighted by atomic mass is 32.2. The van der Waals surface area contributed by atoms with Gasteiger partial charge in [-0.15, -0.1) is 23.5 Å². The minimum Gasteiger partial charge on any atom is -0.481 e. The summed E-state index contributed by atoms with van der Waals surface area (Å²) in [6, 6.07) is 15.8. The molecule has 0 fully saturated rings. The molecule has 0 saturated carbocycles. The first kappa shape index (κ1) is 26.0. The number of carbonyl (C=O) groups is 2. The Morgan fingerprint density at radius 1 is 0.800 bits per heavy atom. The second kappa shape index (κ2) is 14.1. The van der Waals surface area contributed by atoms with Crippen molar-refractivity contribution in [2.75, 3.05) is 25.6 Å². The lowest BCUT2D eigenvalue weighted by Gasteiger charge is -2.10. The van der Waals surface area contributed by atoms with E-state index in [1.54, 1.807) is 23.5 Å². The average Bonchev–Trinajstić information content (AvgIpc) is 2.76. The average molecular weight is 451 g/mol. The highest BCUT2D eigenvalue weighted by Gasteiger charge is 2.16. The monoisotopic (exact) mass is 450 g/mol. The van der Waals surface area contributed by atoms with Crippen LogP contribution in [0.4, 0.5) is 0 Å². The molecule has 30 heavy (non-hydrogen) atoms. The minimum absolute atomic E-state index is 0.179. The number of carboxylic acid groups (broad SMARTS) is 2. The Hall–Kier alpha value is -2.00. The first-order valence-corrected chi connectivity index (χ1v) is 11.9. The van der Waals surface area contributed by atoms with Gasteiger partial charge in [-0.1, -0.05) is 24.3 Å². The third kappa shape index (κ3) is 9.21. The molecule has 2 rings (SSSR count). The number of hydrogen-bond acceptors (Lipinski definition) is 6. The van der Waals surface area contributed by atoms with E-state index < -0.39 is 23.8 Å². The van der Waals surface area contributed by atoms with Gasteiger partial charge < -0.3 is 21.7 Å². The maximum Gasteiger partial charge on any atom is 0.308 e. The summed E-state index contributed by atoms with van der Waals surface area (Å²) in [5.74, 6) is -2.62. The summed E-state index contributed by atoms with van der Waals surface area (Å²) < 4.78 is 0. The maximum atomic E-state index is 10.8. The fourth-order valence-corrected chi connectivity index (χ4v) is 3.68. The van der Waals surface area contributed by atoms with Crippen LogP contribution in [0.5, 0.6) is 0 Å². The zero-order valence-corrected chi connectivity index (χ0v) is 18.9. The summed E-state index contributed by atoms with van der Waals surface area (Å²) in [5, 5.41) is 17.8. The Morgan fingerprint density at radius 3 is 1.43 bits per heavy atom. The van der Waals surface area contributed by atoms with Crippen LogP contribution in [-0.2, 0) is 22.4 Å². The molecule has 0 radical (unpaired) electrons. The summed E-state index contributed by atoms with van der Waals surface area (Å²) in [4.78, 5) is 23.9. The zero-order chi connectivity index (χ0) is 22.5. The van der Waals surface area contributed by atoms with Crippen molar-refractivity contribution in [3.05, 3.63) is 59.7 Å². The van der Waals surface area contributed by atoms with Crippen LogP contribution in [0, 0.1) is 11.8 Å². The molecule has 2 aromatic rings. The summed E-state index contributed by atoms with van der Waals surface area (Å²) in [6.45, 7) is 0.359. The second-order valence-electron chi connectivity index (χ2n) is 6.65. The van der Waals surface area contributed by atoms with Gasteiger partial charge in [0.25, 0.3) is 0 Å². The van der Waals surface area contributed by atoms with Crippen LogP contribution in [0.15, 0.2) is 58.3 Å². The Morgan fingerprint density at radius 2 is 1.17 bits per heavy atom. The summed E-state index contributed by atoms with van der Waals surface area (Å²) in [6.07, 6.45) is 4.99. The van der Waals surface area contributed by atoms with Crippen molar-refractivity contribution < 1.29 is 19.8 Å². The summed E-state index contributed by atoms with van der Waals surface area (Å²) in [7, 11) is 0. The van der Waals surface area contributed by atoms with E-state index in [2.05, 4.69) is 0 Å². The zero-order valence-electron chi connectivity index (χ0n) is 17.3. The molecule has 0 aliphatic rings. The van der Waals surface area contributed by atoms with Gasteiger partial charge >= 0.3 is 11.9 Å². The minimum atomic E-state index is -0.827. The molecule has 0 unspecified atom stereocenters. The molecule has 2 atom stereocenters. The molecule has 6 nitrogen and oxygen atoms in total. The van der Waals surface area contributed by atoms with Gasteiger partial charge in [0.1, 0.15) is 0 Å². The van der Waals surface area contributed by atoms with Crippen molar-refractivity contribution in [3.63, 3.8) is 0 Å². The van der Waals surface area contributed by atoms with Gasteiger partial charge in [-0.3, -0.25) is 9.59 Å². The number of rotatable bonds is 10. The molecule has 2 aromatic carbocycles. The molecular weight excluding hydrogens is 420 g/mol. The van der Waals surface area contributed by atoms with Crippen molar-refractivity contribution >= 4 is 35.5 Å². The molecule has 0 aliphatic heterocycles. The fraction of sp³-hybridized carbons (Fsp3) is 0.364. The molecule has 0 bridgehead atoms. The lowest BCUT2D eigenvalue weighted by Crippen LogP contribution is -2.25. The molecule has 0 heterocycles. The van der Waals surface area contributed by atoms with Crippen LogP contribution >= 0.6 is 23.5 Å². The standard InChI is InChI=1S/2C11H15NO2S/c2*1-15-10-4-2-3-8(6-10)5-9(7-12)11(13)14/h2*2-4,6,9H,5,7,12H2,1H3,(H,13,14)/t2*9-/m00/s1. The van der Waals surface area contributed by atoms with E-state index in [1.807, 2.05) is 61.0 Å². The van der Waals surface area contributed by atoms with Crippen molar-refractivity contribution in [2.24, 2.45) is 23.3 Å². The topological polar surface area (TPSA) is 127 Å². The number of carboxylic acids is 2. The number of aliphatic carboxylic acids is 2.